The van der Waals surface area contributed by atoms with Gasteiger partial charge in [0.2, 0.25) is 0 Å². The van der Waals surface area contributed by atoms with Gasteiger partial charge in [0.25, 0.3) is 5.91 Å². The summed E-state index contributed by atoms with van der Waals surface area (Å²) >= 11 is 0. The fourth-order valence-electron chi connectivity index (χ4n) is 3.52. The number of benzene rings is 2. The predicted octanol–water partition coefficient (Wildman–Crippen LogP) is 4.70. The Balaban J connectivity index is 1.68. The summed E-state index contributed by atoms with van der Waals surface area (Å²) in [6, 6.07) is 19.8. The minimum atomic E-state index is -0.0636. The van der Waals surface area contributed by atoms with Gasteiger partial charge in [0.1, 0.15) is 0 Å². The van der Waals surface area contributed by atoms with E-state index in [-0.39, 0.29) is 5.91 Å². The molecule has 4 aromatic rings. The SMILES string of the molecule is CCN(C(=O)c1ccc(-n2nc(C)cc2C)nc1)c1cccc2ccccc12. The Morgan fingerprint density at radius 3 is 2.50 bits per heavy atom. The van der Waals surface area contributed by atoms with Crippen molar-refractivity contribution in [3.05, 3.63) is 83.8 Å². The highest BCUT2D eigenvalue weighted by Crippen LogP contribution is 2.27. The van der Waals surface area contributed by atoms with Crippen molar-refractivity contribution in [3.63, 3.8) is 0 Å². The zero-order valence-corrected chi connectivity index (χ0v) is 16.3. The van der Waals surface area contributed by atoms with Gasteiger partial charge in [-0.2, -0.15) is 5.10 Å². The Morgan fingerprint density at radius 2 is 1.82 bits per heavy atom. The molecule has 0 N–H and O–H groups in total. The molecule has 0 saturated carbocycles. The van der Waals surface area contributed by atoms with Crippen LogP contribution in [0, 0.1) is 13.8 Å². The molecule has 0 bridgehead atoms. The standard InChI is InChI=1S/C23H22N4O/c1-4-26(21-11-7-9-18-8-5-6-10-20(18)21)23(28)19-12-13-22(24-15-19)27-17(3)14-16(2)25-27/h5-15H,4H2,1-3H3. The molecule has 2 aromatic heterocycles. The number of carbonyl (C=O) groups excluding carboxylic acids is 1. The van der Waals surface area contributed by atoms with E-state index in [4.69, 9.17) is 0 Å². The highest BCUT2D eigenvalue weighted by Gasteiger charge is 2.18. The molecule has 0 aliphatic heterocycles. The highest BCUT2D eigenvalue weighted by atomic mass is 16.2. The fourth-order valence-corrected chi connectivity index (χ4v) is 3.52. The van der Waals surface area contributed by atoms with Crippen molar-refractivity contribution < 1.29 is 4.79 Å². The summed E-state index contributed by atoms with van der Waals surface area (Å²) in [6.45, 7) is 6.49. The van der Waals surface area contributed by atoms with Gasteiger partial charge in [-0.25, -0.2) is 9.67 Å². The van der Waals surface area contributed by atoms with E-state index in [2.05, 4.69) is 22.2 Å². The number of aromatic nitrogens is 3. The van der Waals surface area contributed by atoms with E-state index >= 15 is 0 Å². The zero-order valence-electron chi connectivity index (χ0n) is 16.3. The number of nitrogens with zero attached hydrogens (tertiary/aromatic N) is 4. The van der Waals surface area contributed by atoms with Crippen LogP contribution in [0.2, 0.25) is 0 Å². The highest BCUT2D eigenvalue weighted by molar-refractivity contribution is 6.10. The van der Waals surface area contributed by atoms with Crippen molar-refractivity contribution in [2.75, 3.05) is 11.4 Å². The first-order valence-electron chi connectivity index (χ1n) is 9.38. The number of carbonyl (C=O) groups is 1. The van der Waals surface area contributed by atoms with Crippen LogP contribution in [0.4, 0.5) is 5.69 Å². The maximum absolute atomic E-state index is 13.2. The van der Waals surface area contributed by atoms with Crippen molar-refractivity contribution >= 4 is 22.4 Å². The first-order chi connectivity index (χ1) is 13.6. The van der Waals surface area contributed by atoms with Crippen LogP contribution < -0.4 is 4.90 Å². The summed E-state index contributed by atoms with van der Waals surface area (Å²) in [7, 11) is 0. The van der Waals surface area contributed by atoms with Crippen LogP contribution in [0.25, 0.3) is 16.6 Å². The molecule has 0 saturated heterocycles. The Bertz CT molecular complexity index is 1140. The molecular formula is C23H22N4O. The second-order valence-electron chi connectivity index (χ2n) is 6.79. The van der Waals surface area contributed by atoms with E-state index in [0.717, 1.165) is 27.8 Å². The molecule has 1 amide bonds. The number of hydrogen-bond acceptors (Lipinski definition) is 3. The number of anilines is 1. The van der Waals surface area contributed by atoms with E-state index in [1.54, 1.807) is 15.8 Å². The van der Waals surface area contributed by atoms with Gasteiger partial charge in [-0.3, -0.25) is 4.79 Å². The lowest BCUT2D eigenvalue weighted by Crippen LogP contribution is -2.31. The first kappa shape index (κ1) is 17.9. The van der Waals surface area contributed by atoms with E-state index in [9.17, 15) is 4.79 Å². The molecule has 0 atom stereocenters. The summed E-state index contributed by atoms with van der Waals surface area (Å²) in [5.41, 5.74) is 3.41. The lowest BCUT2D eigenvalue weighted by atomic mass is 10.1. The monoisotopic (exact) mass is 370 g/mol. The molecule has 0 aliphatic carbocycles. The second kappa shape index (κ2) is 7.27. The largest absolute Gasteiger partial charge is 0.308 e. The topological polar surface area (TPSA) is 51.0 Å². The van der Waals surface area contributed by atoms with Gasteiger partial charge in [0.15, 0.2) is 5.82 Å². The molecule has 4 rings (SSSR count). The molecule has 5 nitrogen and oxygen atoms in total. The maximum Gasteiger partial charge on any atom is 0.259 e. The minimum absolute atomic E-state index is 0.0636. The van der Waals surface area contributed by atoms with Gasteiger partial charge in [-0.15, -0.1) is 0 Å². The lowest BCUT2D eigenvalue weighted by Gasteiger charge is -2.23. The van der Waals surface area contributed by atoms with Gasteiger partial charge >= 0.3 is 0 Å². The summed E-state index contributed by atoms with van der Waals surface area (Å²) in [4.78, 5) is 19.5. The van der Waals surface area contributed by atoms with Crippen LogP contribution in [-0.4, -0.2) is 27.2 Å². The van der Waals surface area contributed by atoms with Gasteiger partial charge < -0.3 is 4.90 Å². The number of aryl methyl sites for hydroxylation is 2. The number of hydrogen-bond donors (Lipinski definition) is 0. The third-order valence-corrected chi connectivity index (χ3v) is 4.84. The zero-order chi connectivity index (χ0) is 19.7. The average molecular weight is 370 g/mol. The van der Waals surface area contributed by atoms with Crippen molar-refractivity contribution in [3.8, 4) is 5.82 Å². The Kier molecular flexibility index (Phi) is 4.65. The first-order valence-corrected chi connectivity index (χ1v) is 9.38. The van der Waals surface area contributed by atoms with Crippen molar-refractivity contribution in [2.24, 2.45) is 0 Å². The van der Waals surface area contributed by atoms with Crippen molar-refractivity contribution in [1.29, 1.82) is 0 Å². The number of pyridine rings is 1. The van der Waals surface area contributed by atoms with Crippen LogP contribution >= 0.6 is 0 Å². The van der Waals surface area contributed by atoms with E-state index in [0.29, 0.717) is 17.9 Å². The summed E-state index contributed by atoms with van der Waals surface area (Å²) in [5.74, 6) is 0.640. The smallest absolute Gasteiger partial charge is 0.259 e. The average Bonchev–Trinajstić information content (AvgIpc) is 3.06. The molecular weight excluding hydrogens is 348 g/mol. The predicted molar refractivity (Wildman–Crippen MR) is 112 cm³/mol. The van der Waals surface area contributed by atoms with Gasteiger partial charge in [-0.1, -0.05) is 36.4 Å². The molecule has 0 unspecified atom stereocenters. The lowest BCUT2D eigenvalue weighted by molar-refractivity contribution is 0.0988. The normalized spacial score (nSPS) is 11.0. The molecule has 28 heavy (non-hydrogen) atoms. The van der Waals surface area contributed by atoms with Crippen LogP contribution in [-0.2, 0) is 0 Å². The van der Waals surface area contributed by atoms with Crippen LogP contribution in [0.3, 0.4) is 0 Å². The molecule has 0 radical (unpaired) electrons. The van der Waals surface area contributed by atoms with Crippen molar-refractivity contribution in [1.82, 2.24) is 14.8 Å². The molecule has 0 fully saturated rings. The molecule has 2 aromatic carbocycles. The van der Waals surface area contributed by atoms with Crippen LogP contribution in [0.1, 0.15) is 28.7 Å². The maximum atomic E-state index is 13.2. The van der Waals surface area contributed by atoms with Crippen LogP contribution in [0.5, 0.6) is 0 Å². The summed E-state index contributed by atoms with van der Waals surface area (Å²) in [6.07, 6.45) is 1.63. The van der Waals surface area contributed by atoms with Gasteiger partial charge in [0.05, 0.1) is 16.9 Å². The third kappa shape index (κ3) is 3.16. The van der Waals surface area contributed by atoms with Crippen LogP contribution in [0.15, 0.2) is 66.9 Å². The van der Waals surface area contributed by atoms with E-state index in [1.807, 2.05) is 69.3 Å². The third-order valence-electron chi connectivity index (χ3n) is 4.84. The number of rotatable bonds is 4. The molecule has 2 heterocycles. The fraction of sp³-hybridized carbons (Fsp3) is 0.174. The van der Waals surface area contributed by atoms with E-state index in [1.165, 1.54) is 0 Å². The van der Waals surface area contributed by atoms with E-state index < -0.39 is 0 Å². The molecule has 0 spiro atoms. The Morgan fingerprint density at radius 1 is 1.04 bits per heavy atom. The van der Waals surface area contributed by atoms with Crippen molar-refractivity contribution in [2.45, 2.75) is 20.8 Å². The molecule has 0 aliphatic rings. The minimum Gasteiger partial charge on any atom is -0.308 e. The number of fused-ring (bicyclic) bond motifs is 1. The Hall–Kier alpha value is -3.47. The second-order valence-corrected chi connectivity index (χ2v) is 6.79. The molecule has 5 heteroatoms. The van der Waals surface area contributed by atoms with Gasteiger partial charge in [0, 0.05) is 23.8 Å². The summed E-state index contributed by atoms with van der Waals surface area (Å²) in [5, 5.41) is 6.62. The Labute approximate surface area is 164 Å². The molecule has 140 valence electrons. The van der Waals surface area contributed by atoms with Gasteiger partial charge in [-0.05, 0) is 50.4 Å². The quantitative estimate of drug-likeness (QED) is 0.523. The number of amides is 1. The summed E-state index contributed by atoms with van der Waals surface area (Å²) < 4.78 is 1.78.